The molecule has 17 heavy (non-hydrogen) atoms. The molecule has 1 saturated heterocycles. The van der Waals surface area contributed by atoms with Crippen molar-refractivity contribution in [2.75, 3.05) is 19.0 Å². The maximum absolute atomic E-state index is 11.9. The Labute approximate surface area is 102 Å². The molecule has 1 aromatic rings. The van der Waals surface area contributed by atoms with E-state index in [1.165, 1.54) is 4.31 Å². The number of hydrogen-bond donors (Lipinski definition) is 0. The van der Waals surface area contributed by atoms with E-state index in [4.69, 9.17) is 4.74 Å². The molecule has 0 spiro atoms. The van der Waals surface area contributed by atoms with Crippen molar-refractivity contribution < 1.29 is 13.2 Å². The van der Waals surface area contributed by atoms with Crippen molar-refractivity contribution in [3.63, 3.8) is 0 Å². The second-order valence-corrected chi connectivity index (χ2v) is 6.23. The molecule has 0 bridgehead atoms. The molecule has 0 N–H and O–H groups in total. The Balaban J connectivity index is 2.06. The van der Waals surface area contributed by atoms with Crippen LogP contribution in [0.25, 0.3) is 0 Å². The van der Waals surface area contributed by atoms with Crippen molar-refractivity contribution in [3.05, 3.63) is 35.9 Å². The van der Waals surface area contributed by atoms with Crippen molar-refractivity contribution >= 4 is 10.0 Å². The number of sulfonamides is 1. The van der Waals surface area contributed by atoms with Gasteiger partial charge in [-0.05, 0) is 12.0 Å². The van der Waals surface area contributed by atoms with Crippen LogP contribution in [0.1, 0.15) is 25.0 Å². The third kappa shape index (κ3) is 2.86. The predicted octanol–water partition coefficient (Wildman–Crippen LogP) is 1.76. The summed E-state index contributed by atoms with van der Waals surface area (Å²) < 4.78 is 30.7. The van der Waals surface area contributed by atoms with E-state index in [0.29, 0.717) is 13.0 Å². The summed E-state index contributed by atoms with van der Waals surface area (Å²) >= 11 is 0. The van der Waals surface area contributed by atoms with Crippen molar-refractivity contribution in [1.29, 1.82) is 0 Å². The van der Waals surface area contributed by atoms with Gasteiger partial charge < -0.3 is 4.74 Å². The van der Waals surface area contributed by atoms with Gasteiger partial charge in [-0.25, -0.2) is 8.42 Å². The molecular formula is C12H17NO3S. The normalized spacial score (nSPS) is 21.8. The highest BCUT2D eigenvalue weighted by Gasteiger charge is 2.32. The summed E-state index contributed by atoms with van der Waals surface area (Å²) in [7, 11) is -3.14. The summed E-state index contributed by atoms with van der Waals surface area (Å²) in [5.74, 6) is 0.192. The Kier molecular flexibility index (Phi) is 3.81. The first-order valence-corrected chi connectivity index (χ1v) is 7.39. The highest BCUT2D eigenvalue weighted by atomic mass is 32.2. The van der Waals surface area contributed by atoms with E-state index in [1.807, 2.05) is 37.3 Å². The predicted molar refractivity (Wildman–Crippen MR) is 65.9 cm³/mol. The van der Waals surface area contributed by atoms with Crippen molar-refractivity contribution in [3.8, 4) is 0 Å². The smallest absolute Gasteiger partial charge is 0.216 e. The maximum atomic E-state index is 11.9. The van der Waals surface area contributed by atoms with Crippen LogP contribution in [-0.4, -0.2) is 31.8 Å². The Bertz CT molecular complexity index is 458. The third-order valence-electron chi connectivity index (χ3n) is 2.82. The van der Waals surface area contributed by atoms with E-state index >= 15 is 0 Å². The van der Waals surface area contributed by atoms with Crippen molar-refractivity contribution in [2.45, 2.75) is 19.4 Å². The van der Waals surface area contributed by atoms with E-state index in [2.05, 4.69) is 0 Å². The van der Waals surface area contributed by atoms with Gasteiger partial charge in [0.1, 0.15) is 6.73 Å². The van der Waals surface area contributed by atoms with Gasteiger partial charge >= 0.3 is 0 Å². The van der Waals surface area contributed by atoms with Gasteiger partial charge in [0, 0.05) is 6.54 Å². The minimum atomic E-state index is -3.14. The average Bonchev–Trinajstić information content (AvgIpc) is 2.80. The number of benzene rings is 1. The Morgan fingerprint density at radius 2 is 2.06 bits per heavy atom. The monoisotopic (exact) mass is 255 g/mol. The SMILES string of the molecule is CCCS(=O)(=O)N1COC(c2ccccc2)C1. The summed E-state index contributed by atoms with van der Waals surface area (Å²) in [4.78, 5) is 0. The lowest BCUT2D eigenvalue weighted by molar-refractivity contribution is 0.104. The maximum Gasteiger partial charge on any atom is 0.216 e. The van der Waals surface area contributed by atoms with Crippen LogP contribution in [0.2, 0.25) is 0 Å². The Morgan fingerprint density at radius 1 is 1.35 bits per heavy atom. The largest absolute Gasteiger partial charge is 0.356 e. The number of rotatable bonds is 4. The molecule has 2 rings (SSSR count). The molecule has 1 fully saturated rings. The van der Waals surface area contributed by atoms with Crippen molar-refractivity contribution in [2.24, 2.45) is 0 Å². The van der Waals surface area contributed by atoms with Gasteiger partial charge in [-0.1, -0.05) is 37.3 Å². The van der Waals surface area contributed by atoms with Gasteiger partial charge in [0.2, 0.25) is 10.0 Å². The molecule has 1 aromatic carbocycles. The highest BCUT2D eigenvalue weighted by molar-refractivity contribution is 7.89. The molecule has 94 valence electrons. The van der Waals surface area contributed by atoms with Crippen LogP contribution < -0.4 is 0 Å². The summed E-state index contributed by atoms with van der Waals surface area (Å²) in [6.07, 6.45) is 0.497. The van der Waals surface area contributed by atoms with Gasteiger partial charge in [-0.3, -0.25) is 0 Å². The standard InChI is InChI=1S/C12H17NO3S/c1-2-8-17(14,15)13-9-12(16-10-13)11-6-4-3-5-7-11/h3-7,12H,2,8-10H2,1H3. The lowest BCUT2D eigenvalue weighted by atomic mass is 10.1. The number of hydrogen-bond acceptors (Lipinski definition) is 3. The number of ether oxygens (including phenoxy) is 1. The quantitative estimate of drug-likeness (QED) is 0.823. The van der Waals surface area contributed by atoms with Gasteiger partial charge in [0.05, 0.1) is 11.9 Å². The molecule has 0 amide bonds. The molecular weight excluding hydrogens is 238 g/mol. The second kappa shape index (κ2) is 5.16. The topological polar surface area (TPSA) is 46.6 Å². The van der Waals surface area contributed by atoms with Crippen LogP contribution in [0.3, 0.4) is 0 Å². The number of nitrogens with zero attached hydrogens (tertiary/aromatic N) is 1. The summed E-state index contributed by atoms with van der Waals surface area (Å²) in [5, 5.41) is 0. The molecule has 1 atom stereocenters. The van der Waals surface area contributed by atoms with Crippen LogP contribution in [0, 0.1) is 0 Å². The van der Waals surface area contributed by atoms with Crippen molar-refractivity contribution in [1.82, 2.24) is 4.31 Å². The molecule has 0 aliphatic carbocycles. The molecule has 1 aliphatic heterocycles. The lowest BCUT2D eigenvalue weighted by Crippen LogP contribution is -2.30. The van der Waals surface area contributed by atoms with E-state index in [-0.39, 0.29) is 18.6 Å². The van der Waals surface area contributed by atoms with E-state index in [1.54, 1.807) is 0 Å². The average molecular weight is 255 g/mol. The fourth-order valence-corrected chi connectivity index (χ4v) is 3.27. The van der Waals surface area contributed by atoms with E-state index in [9.17, 15) is 8.42 Å². The van der Waals surface area contributed by atoms with Gasteiger partial charge in [-0.2, -0.15) is 4.31 Å². The molecule has 4 nitrogen and oxygen atoms in total. The molecule has 5 heteroatoms. The first-order chi connectivity index (χ1) is 8.13. The van der Waals surface area contributed by atoms with Gasteiger partial charge in [-0.15, -0.1) is 0 Å². The van der Waals surface area contributed by atoms with Crippen LogP contribution in [-0.2, 0) is 14.8 Å². The lowest BCUT2D eigenvalue weighted by Gasteiger charge is -2.13. The van der Waals surface area contributed by atoms with Crippen LogP contribution in [0.5, 0.6) is 0 Å². The fourth-order valence-electron chi connectivity index (χ4n) is 1.91. The fraction of sp³-hybridized carbons (Fsp3) is 0.500. The van der Waals surface area contributed by atoms with E-state index < -0.39 is 10.0 Å². The molecule has 0 saturated carbocycles. The zero-order chi connectivity index (χ0) is 12.3. The molecule has 0 radical (unpaired) electrons. The Hall–Kier alpha value is -0.910. The Morgan fingerprint density at radius 3 is 2.71 bits per heavy atom. The zero-order valence-electron chi connectivity index (χ0n) is 9.87. The minimum Gasteiger partial charge on any atom is -0.356 e. The van der Waals surface area contributed by atoms with Crippen LogP contribution in [0.4, 0.5) is 0 Å². The highest BCUT2D eigenvalue weighted by Crippen LogP contribution is 2.26. The second-order valence-electron chi connectivity index (χ2n) is 4.15. The first-order valence-electron chi connectivity index (χ1n) is 5.78. The summed E-state index contributed by atoms with van der Waals surface area (Å²) in [6.45, 7) is 2.46. The van der Waals surface area contributed by atoms with Gasteiger partial charge in [0.15, 0.2) is 0 Å². The molecule has 1 heterocycles. The zero-order valence-corrected chi connectivity index (χ0v) is 10.7. The third-order valence-corrected chi connectivity index (χ3v) is 4.78. The van der Waals surface area contributed by atoms with Crippen LogP contribution in [0.15, 0.2) is 30.3 Å². The molecule has 0 aromatic heterocycles. The molecule has 1 unspecified atom stereocenters. The summed E-state index contributed by atoms with van der Waals surface area (Å²) in [5.41, 5.74) is 1.03. The van der Waals surface area contributed by atoms with E-state index in [0.717, 1.165) is 5.56 Å². The first kappa shape index (κ1) is 12.5. The van der Waals surface area contributed by atoms with Crippen LogP contribution >= 0.6 is 0 Å². The summed E-state index contributed by atoms with van der Waals surface area (Å²) in [6, 6.07) is 9.72. The minimum absolute atomic E-state index is 0.136. The van der Waals surface area contributed by atoms with Gasteiger partial charge in [0.25, 0.3) is 0 Å². The molecule has 1 aliphatic rings.